The lowest BCUT2D eigenvalue weighted by molar-refractivity contribution is 0.714. The highest BCUT2D eigenvalue weighted by Crippen LogP contribution is 2.15. The van der Waals surface area contributed by atoms with Gasteiger partial charge in [-0.15, -0.1) is 0 Å². The standard InChI is InChI=1S/C15H21N5/c1-11(20(3)13-7-5-4-6-8-13)10-17-15-9-14(16)18-12(2)19-15/h4-9,11H,10H2,1-3H3,(H3,16,17,18,19)/t11-/m1/s1. The lowest BCUT2D eigenvalue weighted by Gasteiger charge is -2.27. The molecule has 5 nitrogen and oxygen atoms in total. The lowest BCUT2D eigenvalue weighted by Crippen LogP contribution is -2.34. The maximum atomic E-state index is 5.72. The van der Waals surface area contributed by atoms with Crippen LogP contribution in [0.25, 0.3) is 0 Å². The Kier molecular flexibility index (Phi) is 4.40. The van der Waals surface area contributed by atoms with E-state index in [9.17, 15) is 0 Å². The van der Waals surface area contributed by atoms with Gasteiger partial charge in [0, 0.05) is 31.4 Å². The predicted octanol–water partition coefficient (Wildman–Crippen LogP) is 2.30. The summed E-state index contributed by atoms with van der Waals surface area (Å²) in [7, 11) is 2.08. The summed E-state index contributed by atoms with van der Waals surface area (Å²) in [5.41, 5.74) is 6.91. The van der Waals surface area contributed by atoms with E-state index >= 15 is 0 Å². The van der Waals surface area contributed by atoms with Gasteiger partial charge in [0.1, 0.15) is 17.5 Å². The maximum absolute atomic E-state index is 5.72. The number of likely N-dealkylation sites (N-methyl/N-ethyl adjacent to an activating group) is 1. The zero-order valence-electron chi connectivity index (χ0n) is 12.2. The van der Waals surface area contributed by atoms with E-state index in [0.717, 1.165) is 12.4 Å². The Morgan fingerprint density at radius 3 is 2.60 bits per heavy atom. The van der Waals surface area contributed by atoms with Gasteiger partial charge in [-0.3, -0.25) is 0 Å². The number of benzene rings is 1. The highest BCUT2D eigenvalue weighted by molar-refractivity contribution is 5.48. The highest BCUT2D eigenvalue weighted by atomic mass is 15.2. The van der Waals surface area contributed by atoms with Crippen LogP contribution in [0.2, 0.25) is 0 Å². The Morgan fingerprint density at radius 1 is 1.25 bits per heavy atom. The van der Waals surface area contributed by atoms with Crippen molar-refractivity contribution in [3.8, 4) is 0 Å². The summed E-state index contributed by atoms with van der Waals surface area (Å²) in [6, 6.07) is 12.4. The second-order valence-corrected chi connectivity index (χ2v) is 4.90. The molecule has 1 aromatic carbocycles. The van der Waals surface area contributed by atoms with Gasteiger partial charge in [-0.1, -0.05) is 18.2 Å². The number of hydrogen-bond donors (Lipinski definition) is 2. The van der Waals surface area contributed by atoms with Gasteiger partial charge in [0.2, 0.25) is 0 Å². The van der Waals surface area contributed by atoms with Crippen LogP contribution in [-0.4, -0.2) is 29.6 Å². The first-order valence-corrected chi connectivity index (χ1v) is 6.69. The Bertz CT molecular complexity index is 535. The SMILES string of the molecule is Cc1nc(N)cc(NC[C@@H](C)N(C)c2ccccc2)n1. The van der Waals surface area contributed by atoms with E-state index in [1.165, 1.54) is 5.69 Å². The number of aromatic nitrogens is 2. The van der Waals surface area contributed by atoms with Crippen molar-refractivity contribution in [2.45, 2.75) is 19.9 Å². The average molecular weight is 271 g/mol. The van der Waals surface area contributed by atoms with Crippen LogP contribution in [0, 0.1) is 6.92 Å². The van der Waals surface area contributed by atoms with Gasteiger partial charge in [-0.05, 0) is 26.0 Å². The molecule has 1 aromatic heterocycles. The van der Waals surface area contributed by atoms with Crippen molar-refractivity contribution in [3.05, 3.63) is 42.2 Å². The molecule has 0 aliphatic carbocycles. The molecule has 0 aliphatic rings. The molecule has 1 heterocycles. The van der Waals surface area contributed by atoms with Gasteiger partial charge in [-0.2, -0.15) is 0 Å². The largest absolute Gasteiger partial charge is 0.384 e. The number of nitrogens with two attached hydrogens (primary N) is 1. The number of hydrogen-bond acceptors (Lipinski definition) is 5. The topological polar surface area (TPSA) is 67.1 Å². The fourth-order valence-electron chi connectivity index (χ4n) is 1.99. The Balaban J connectivity index is 1.96. The molecule has 106 valence electrons. The van der Waals surface area contributed by atoms with Crippen molar-refractivity contribution in [3.63, 3.8) is 0 Å². The molecule has 0 aliphatic heterocycles. The highest BCUT2D eigenvalue weighted by Gasteiger charge is 2.10. The van der Waals surface area contributed by atoms with Gasteiger partial charge >= 0.3 is 0 Å². The molecular formula is C15H21N5. The van der Waals surface area contributed by atoms with Crippen molar-refractivity contribution in [2.75, 3.05) is 29.5 Å². The van der Waals surface area contributed by atoms with Crippen molar-refractivity contribution < 1.29 is 0 Å². The molecule has 0 spiro atoms. The van der Waals surface area contributed by atoms with Gasteiger partial charge in [0.25, 0.3) is 0 Å². The van der Waals surface area contributed by atoms with Crippen molar-refractivity contribution in [1.82, 2.24) is 9.97 Å². The Labute approximate surface area is 119 Å². The number of anilines is 3. The summed E-state index contributed by atoms with van der Waals surface area (Å²) < 4.78 is 0. The summed E-state index contributed by atoms with van der Waals surface area (Å²) in [5, 5.41) is 3.30. The van der Waals surface area contributed by atoms with Crippen LogP contribution in [0.1, 0.15) is 12.7 Å². The van der Waals surface area contributed by atoms with Crippen LogP contribution < -0.4 is 16.0 Å². The van der Waals surface area contributed by atoms with Crippen LogP contribution in [-0.2, 0) is 0 Å². The second kappa shape index (κ2) is 6.23. The van der Waals surface area contributed by atoms with Gasteiger partial charge in [0.15, 0.2) is 0 Å². The van der Waals surface area contributed by atoms with E-state index in [4.69, 9.17) is 5.73 Å². The monoisotopic (exact) mass is 271 g/mol. The van der Waals surface area contributed by atoms with Crippen LogP contribution in [0.15, 0.2) is 36.4 Å². The van der Waals surface area contributed by atoms with Gasteiger partial charge < -0.3 is 16.0 Å². The minimum atomic E-state index is 0.328. The van der Waals surface area contributed by atoms with E-state index < -0.39 is 0 Å². The van der Waals surface area contributed by atoms with Crippen LogP contribution in [0.3, 0.4) is 0 Å². The van der Waals surface area contributed by atoms with Gasteiger partial charge in [-0.25, -0.2) is 9.97 Å². The number of nitrogen functional groups attached to an aromatic ring is 1. The molecule has 5 heteroatoms. The molecule has 0 saturated carbocycles. The third-order valence-corrected chi connectivity index (χ3v) is 3.26. The minimum absolute atomic E-state index is 0.328. The molecule has 2 aromatic rings. The second-order valence-electron chi connectivity index (χ2n) is 4.90. The third kappa shape index (κ3) is 3.60. The summed E-state index contributed by atoms with van der Waals surface area (Å²) in [6.07, 6.45) is 0. The van der Waals surface area contributed by atoms with Crippen molar-refractivity contribution in [1.29, 1.82) is 0 Å². The first kappa shape index (κ1) is 14.1. The Morgan fingerprint density at radius 2 is 1.95 bits per heavy atom. The summed E-state index contributed by atoms with van der Waals surface area (Å²) in [5.74, 6) is 1.93. The number of nitrogens with one attached hydrogen (secondary N) is 1. The lowest BCUT2D eigenvalue weighted by atomic mass is 10.2. The van der Waals surface area contributed by atoms with Crippen LogP contribution in [0.4, 0.5) is 17.3 Å². The average Bonchev–Trinajstić information content (AvgIpc) is 2.44. The van der Waals surface area contributed by atoms with Crippen molar-refractivity contribution in [2.24, 2.45) is 0 Å². The zero-order chi connectivity index (χ0) is 14.5. The smallest absolute Gasteiger partial charge is 0.131 e. The zero-order valence-corrected chi connectivity index (χ0v) is 12.2. The van der Waals surface area contributed by atoms with E-state index in [2.05, 4.69) is 46.3 Å². The predicted molar refractivity (Wildman–Crippen MR) is 84.0 cm³/mol. The minimum Gasteiger partial charge on any atom is -0.384 e. The molecule has 1 atom stereocenters. The maximum Gasteiger partial charge on any atom is 0.131 e. The molecule has 0 bridgehead atoms. The number of para-hydroxylation sites is 1. The van der Waals surface area contributed by atoms with E-state index in [-0.39, 0.29) is 0 Å². The summed E-state index contributed by atoms with van der Waals surface area (Å²) in [6.45, 7) is 4.78. The third-order valence-electron chi connectivity index (χ3n) is 3.26. The summed E-state index contributed by atoms with van der Waals surface area (Å²) in [4.78, 5) is 10.6. The molecule has 0 unspecified atom stereocenters. The van der Waals surface area contributed by atoms with Crippen LogP contribution in [0.5, 0.6) is 0 Å². The molecule has 3 N–H and O–H groups in total. The molecule has 0 saturated heterocycles. The molecule has 2 rings (SSSR count). The quantitative estimate of drug-likeness (QED) is 0.873. The first-order chi connectivity index (χ1) is 9.56. The molecule has 0 radical (unpaired) electrons. The normalized spacial score (nSPS) is 11.9. The number of rotatable bonds is 5. The fraction of sp³-hybridized carbons (Fsp3) is 0.333. The van der Waals surface area contributed by atoms with Crippen LogP contribution >= 0.6 is 0 Å². The molecular weight excluding hydrogens is 250 g/mol. The van der Waals surface area contributed by atoms with E-state index in [1.54, 1.807) is 6.07 Å². The number of nitrogens with zero attached hydrogens (tertiary/aromatic N) is 3. The van der Waals surface area contributed by atoms with Crippen molar-refractivity contribution >= 4 is 17.3 Å². The van der Waals surface area contributed by atoms with E-state index in [0.29, 0.717) is 17.7 Å². The molecule has 0 fully saturated rings. The fourth-order valence-corrected chi connectivity index (χ4v) is 1.99. The Hall–Kier alpha value is -2.30. The molecule has 20 heavy (non-hydrogen) atoms. The summed E-state index contributed by atoms with van der Waals surface area (Å²) >= 11 is 0. The molecule has 0 amide bonds. The first-order valence-electron chi connectivity index (χ1n) is 6.69. The van der Waals surface area contributed by atoms with E-state index in [1.807, 2.05) is 25.1 Å². The number of aryl methyl sites for hydroxylation is 1. The van der Waals surface area contributed by atoms with Gasteiger partial charge in [0.05, 0.1) is 0 Å².